The maximum absolute atomic E-state index is 5.80. The summed E-state index contributed by atoms with van der Waals surface area (Å²) in [5.41, 5.74) is 2.16. The molecule has 0 aliphatic carbocycles. The molecule has 0 unspecified atom stereocenters. The van der Waals surface area contributed by atoms with E-state index in [0.29, 0.717) is 19.8 Å². The van der Waals surface area contributed by atoms with E-state index in [2.05, 4.69) is 41.5 Å². The molecule has 0 radical (unpaired) electrons. The topological polar surface area (TPSA) is 43.4 Å². The van der Waals surface area contributed by atoms with Gasteiger partial charge in [-0.15, -0.1) is 0 Å². The second kappa shape index (κ2) is 7.50. The number of para-hydroxylation sites is 1. The fourth-order valence-corrected chi connectivity index (χ4v) is 2.48. The molecule has 0 saturated heterocycles. The zero-order valence-electron chi connectivity index (χ0n) is 13.1. The van der Waals surface area contributed by atoms with Gasteiger partial charge in [-0.2, -0.15) is 0 Å². The van der Waals surface area contributed by atoms with E-state index in [1.165, 1.54) is 0 Å². The molecule has 21 heavy (non-hydrogen) atoms. The predicted octanol–water partition coefficient (Wildman–Crippen LogP) is 3.46. The van der Waals surface area contributed by atoms with Crippen LogP contribution in [0.1, 0.15) is 32.8 Å². The molecule has 0 bridgehead atoms. The van der Waals surface area contributed by atoms with Crippen LogP contribution in [0.4, 0.5) is 0 Å². The summed E-state index contributed by atoms with van der Waals surface area (Å²) in [5.74, 6) is -0.722. The highest BCUT2D eigenvalue weighted by molar-refractivity contribution is 5.81. The highest BCUT2D eigenvalue weighted by Gasteiger charge is 2.28. The predicted molar refractivity (Wildman–Crippen MR) is 84.9 cm³/mol. The summed E-state index contributed by atoms with van der Waals surface area (Å²) in [6.07, 6.45) is 2.57. The SMILES string of the molecule is CCOC(CC)(NCc1cccc2cccnc12)OCC. The second-order valence-corrected chi connectivity index (χ2v) is 4.82. The minimum atomic E-state index is -0.722. The van der Waals surface area contributed by atoms with Crippen molar-refractivity contribution in [1.82, 2.24) is 10.3 Å². The fraction of sp³-hybridized carbons (Fsp3) is 0.471. The maximum atomic E-state index is 5.80. The van der Waals surface area contributed by atoms with E-state index in [1.54, 1.807) is 0 Å². The van der Waals surface area contributed by atoms with Crippen molar-refractivity contribution in [3.8, 4) is 0 Å². The molecule has 114 valence electrons. The van der Waals surface area contributed by atoms with Crippen LogP contribution in [-0.2, 0) is 16.0 Å². The van der Waals surface area contributed by atoms with Crippen LogP contribution < -0.4 is 5.32 Å². The van der Waals surface area contributed by atoms with Crippen LogP contribution >= 0.6 is 0 Å². The average molecular weight is 288 g/mol. The first-order valence-corrected chi connectivity index (χ1v) is 7.60. The minimum absolute atomic E-state index is 0.606. The molecule has 0 aliphatic heterocycles. The number of benzene rings is 1. The molecule has 0 aliphatic rings. The maximum Gasteiger partial charge on any atom is 0.227 e. The molecule has 4 heteroatoms. The molecule has 0 fully saturated rings. The van der Waals surface area contributed by atoms with E-state index in [4.69, 9.17) is 9.47 Å². The fourth-order valence-electron chi connectivity index (χ4n) is 2.48. The second-order valence-electron chi connectivity index (χ2n) is 4.82. The molecule has 1 heterocycles. The van der Waals surface area contributed by atoms with Crippen LogP contribution in [0.15, 0.2) is 36.5 Å². The lowest BCUT2D eigenvalue weighted by Crippen LogP contribution is -2.49. The van der Waals surface area contributed by atoms with Crippen molar-refractivity contribution < 1.29 is 9.47 Å². The lowest BCUT2D eigenvalue weighted by Gasteiger charge is -2.33. The third-order valence-electron chi connectivity index (χ3n) is 3.48. The third kappa shape index (κ3) is 3.79. The lowest BCUT2D eigenvalue weighted by molar-refractivity contribution is -0.255. The molecule has 2 rings (SSSR count). The Hall–Kier alpha value is -1.49. The van der Waals surface area contributed by atoms with Gasteiger partial charge in [0.25, 0.3) is 0 Å². The summed E-state index contributed by atoms with van der Waals surface area (Å²) in [4.78, 5) is 4.48. The third-order valence-corrected chi connectivity index (χ3v) is 3.48. The Bertz CT molecular complexity index is 560. The van der Waals surface area contributed by atoms with E-state index in [-0.39, 0.29) is 0 Å². The first-order chi connectivity index (χ1) is 10.2. The summed E-state index contributed by atoms with van der Waals surface area (Å²) in [6.45, 7) is 7.88. The van der Waals surface area contributed by atoms with Gasteiger partial charge in [0.1, 0.15) is 0 Å². The van der Waals surface area contributed by atoms with Gasteiger partial charge in [0.15, 0.2) is 0 Å². The number of nitrogens with zero attached hydrogens (tertiary/aromatic N) is 1. The summed E-state index contributed by atoms with van der Waals surface area (Å²) in [6, 6.07) is 10.2. The van der Waals surface area contributed by atoms with Crippen LogP contribution in [-0.4, -0.2) is 24.1 Å². The molecule has 0 amide bonds. The summed E-state index contributed by atoms with van der Waals surface area (Å²) < 4.78 is 11.6. The minimum Gasteiger partial charge on any atom is -0.338 e. The van der Waals surface area contributed by atoms with Gasteiger partial charge < -0.3 is 9.47 Å². The standard InChI is InChI=1S/C17H24N2O2/c1-4-17(20-5-2,21-6-3)19-13-15-10-7-9-14-11-8-12-18-16(14)15/h7-12,19H,4-6,13H2,1-3H3. The Kier molecular flexibility index (Phi) is 5.67. The highest BCUT2D eigenvalue weighted by atomic mass is 16.7. The Morgan fingerprint density at radius 3 is 2.43 bits per heavy atom. The lowest BCUT2D eigenvalue weighted by atomic mass is 10.1. The molecule has 2 aromatic rings. The molecule has 4 nitrogen and oxygen atoms in total. The number of rotatable bonds is 8. The number of hydrogen-bond donors (Lipinski definition) is 1. The quantitative estimate of drug-likeness (QED) is 0.755. The van der Waals surface area contributed by atoms with E-state index in [9.17, 15) is 0 Å². The largest absolute Gasteiger partial charge is 0.338 e. The van der Waals surface area contributed by atoms with Gasteiger partial charge in [0.05, 0.1) is 5.52 Å². The average Bonchev–Trinajstić information content (AvgIpc) is 2.53. The Morgan fingerprint density at radius 1 is 1.05 bits per heavy atom. The van der Waals surface area contributed by atoms with Gasteiger partial charge in [-0.05, 0) is 25.5 Å². The van der Waals surface area contributed by atoms with Crippen molar-refractivity contribution in [2.75, 3.05) is 13.2 Å². The van der Waals surface area contributed by atoms with Crippen molar-refractivity contribution >= 4 is 10.9 Å². The van der Waals surface area contributed by atoms with Crippen LogP contribution in [0.3, 0.4) is 0 Å². The van der Waals surface area contributed by atoms with Crippen molar-refractivity contribution in [3.63, 3.8) is 0 Å². The first-order valence-electron chi connectivity index (χ1n) is 7.60. The van der Waals surface area contributed by atoms with Crippen LogP contribution in [0.25, 0.3) is 10.9 Å². The Balaban J connectivity index is 2.19. The number of fused-ring (bicyclic) bond motifs is 1. The van der Waals surface area contributed by atoms with Crippen molar-refractivity contribution in [3.05, 3.63) is 42.1 Å². The summed E-state index contributed by atoms with van der Waals surface area (Å²) in [5, 5.41) is 4.55. The molecule has 1 aromatic heterocycles. The normalized spacial score (nSPS) is 12.0. The molecule has 0 saturated carbocycles. The van der Waals surface area contributed by atoms with Gasteiger partial charge in [-0.25, -0.2) is 0 Å². The summed E-state index contributed by atoms with van der Waals surface area (Å²) in [7, 11) is 0. The number of hydrogen-bond acceptors (Lipinski definition) is 4. The molecular formula is C17H24N2O2. The van der Waals surface area contributed by atoms with E-state index in [1.807, 2.05) is 26.1 Å². The van der Waals surface area contributed by atoms with E-state index < -0.39 is 5.91 Å². The van der Waals surface area contributed by atoms with Crippen molar-refractivity contribution in [2.24, 2.45) is 0 Å². The number of aromatic nitrogens is 1. The highest BCUT2D eigenvalue weighted by Crippen LogP contribution is 2.19. The Morgan fingerprint density at radius 2 is 1.76 bits per heavy atom. The van der Waals surface area contributed by atoms with Crippen LogP contribution in [0.5, 0.6) is 0 Å². The number of nitrogens with one attached hydrogen (secondary N) is 1. The first kappa shape index (κ1) is 15.9. The van der Waals surface area contributed by atoms with Gasteiger partial charge in [-0.3, -0.25) is 10.3 Å². The molecule has 0 spiro atoms. The van der Waals surface area contributed by atoms with Gasteiger partial charge in [0, 0.05) is 37.8 Å². The van der Waals surface area contributed by atoms with E-state index >= 15 is 0 Å². The van der Waals surface area contributed by atoms with Crippen LogP contribution in [0, 0.1) is 0 Å². The molecule has 1 N–H and O–H groups in total. The Labute approximate surface area is 126 Å². The molecule has 1 aromatic carbocycles. The van der Waals surface area contributed by atoms with Gasteiger partial charge in [0.2, 0.25) is 5.91 Å². The molecular weight excluding hydrogens is 264 g/mol. The van der Waals surface area contributed by atoms with Crippen LogP contribution in [0.2, 0.25) is 0 Å². The van der Waals surface area contributed by atoms with Crippen molar-refractivity contribution in [1.29, 1.82) is 0 Å². The summed E-state index contributed by atoms with van der Waals surface area (Å²) >= 11 is 0. The number of pyridine rings is 1. The van der Waals surface area contributed by atoms with Gasteiger partial charge >= 0.3 is 0 Å². The van der Waals surface area contributed by atoms with E-state index in [0.717, 1.165) is 22.9 Å². The van der Waals surface area contributed by atoms with Gasteiger partial charge in [-0.1, -0.05) is 31.2 Å². The smallest absolute Gasteiger partial charge is 0.227 e. The van der Waals surface area contributed by atoms with Crippen molar-refractivity contribution in [2.45, 2.75) is 39.6 Å². The molecule has 0 atom stereocenters. The monoisotopic (exact) mass is 288 g/mol. The number of ether oxygens (including phenoxy) is 2. The zero-order valence-corrected chi connectivity index (χ0v) is 13.1. The zero-order chi connectivity index (χ0) is 15.1.